The summed E-state index contributed by atoms with van der Waals surface area (Å²) in [6.45, 7) is 4.00. The lowest BCUT2D eigenvalue weighted by molar-refractivity contribution is 0.0716. The largest absolute Gasteiger partial charge is 0.467 e. The summed E-state index contributed by atoms with van der Waals surface area (Å²) in [6, 6.07) is -0.538. The second-order valence-corrected chi connectivity index (χ2v) is 3.91. The number of aryl methyl sites for hydroxylation is 1. The Morgan fingerprint density at radius 2 is 1.54 bits per heavy atom. The highest BCUT2D eigenvalue weighted by Gasteiger charge is 2.18. The van der Waals surface area contributed by atoms with E-state index < -0.39 is 11.7 Å². The zero-order valence-corrected chi connectivity index (χ0v) is 13.9. The Labute approximate surface area is 137 Å². The maximum absolute atomic E-state index is 12.1. The summed E-state index contributed by atoms with van der Waals surface area (Å²) < 4.78 is 15.7. The third-order valence-corrected chi connectivity index (χ3v) is 2.46. The predicted octanol–water partition coefficient (Wildman–Crippen LogP) is -0.190. The number of carbonyl (C=O) groups excluding carboxylic acids is 1. The summed E-state index contributed by atoms with van der Waals surface area (Å²) in [5, 5.41) is 0. The minimum Gasteiger partial charge on any atom is -0.467 e. The Hall–Kier alpha value is -3.24. The van der Waals surface area contributed by atoms with Gasteiger partial charge in [0.1, 0.15) is 11.4 Å². The molecular weight excluding hydrogens is 320 g/mol. The van der Waals surface area contributed by atoms with E-state index in [0.717, 1.165) is 4.57 Å². The van der Waals surface area contributed by atoms with E-state index in [2.05, 4.69) is 19.9 Å². The molecule has 0 fully saturated rings. The van der Waals surface area contributed by atoms with Crippen LogP contribution >= 0.6 is 0 Å². The van der Waals surface area contributed by atoms with Gasteiger partial charge in [-0.2, -0.15) is 4.98 Å². The highest BCUT2D eigenvalue weighted by molar-refractivity contribution is 5.94. The summed E-state index contributed by atoms with van der Waals surface area (Å²) in [5.74, 6) is -1.16. The van der Waals surface area contributed by atoms with Gasteiger partial charge in [-0.25, -0.2) is 9.59 Å². The number of esters is 1. The first-order valence-corrected chi connectivity index (χ1v) is 6.84. The highest BCUT2D eigenvalue weighted by Crippen LogP contribution is 2.16. The van der Waals surface area contributed by atoms with Gasteiger partial charge in [-0.05, 0) is 0 Å². The van der Waals surface area contributed by atoms with Crippen LogP contribution in [0.1, 0.15) is 24.2 Å². The van der Waals surface area contributed by atoms with Gasteiger partial charge in [0.2, 0.25) is 0 Å². The number of hydrogen-bond donors (Lipinski definition) is 1. The summed E-state index contributed by atoms with van der Waals surface area (Å²) in [4.78, 5) is 38.1. The van der Waals surface area contributed by atoms with Gasteiger partial charge in [0.25, 0.3) is 0 Å². The Balaban J connectivity index is 0.00000139. The molecule has 0 unspecified atom stereocenters. The summed E-state index contributed by atoms with van der Waals surface area (Å²) >= 11 is 0. The van der Waals surface area contributed by atoms with Crippen LogP contribution < -0.4 is 25.6 Å². The van der Waals surface area contributed by atoms with E-state index >= 15 is 0 Å². The minimum atomic E-state index is -0.893. The third kappa shape index (κ3) is 4.38. The van der Waals surface area contributed by atoms with Gasteiger partial charge in [0.15, 0.2) is 0 Å². The minimum absolute atomic E-state index is 0.0961. The SMILES string of the molecule is CC.COc1nc(OC)nc(OC(=O)c2cn(C)c(=O)nc2N)n1. The zero-order chi connectivity index (χ0) is 18.3. The normalized spacial score (nSPS) is 9.54. The van der Waals surface area contributed by atoms with Crippen LogP contribution in [-0.4, -0.2) is 44.7 Å². The van der Waals surface area contributed by atoms with Crippen molar-refractivity contribution < 1.29 is 19.0 Å². The van der Waals surface area contributed by atoms with Crippen molar-refractivity contribution in [2.75, 3.05) is 20.0 Å². The van der Waals surface area contributed by atoms with Gasteiger partial charge in [-0.15, -0.1) is 15.0 Å². The van der Waals surface area contributed by atoms with Crippen LogP contribution in [0.2, 0.25) is 0 Å². The maximum atomic E-state index is 12.1. The number of methoxy groups -OCH3 is 2. The second-order valence-electron chi connectivity index (χ2n) is 3.91. The number of hydrogen-bond acceptors (Lipinski definition) is 10. The number of nitrogens with zero attached hydrogens (tertiary/aromatic N) is 5. The van der Waals surface area contributed by atoms with Crippen LogP contribution in [0.15, 0.2) is 11.0 Å². The molecular formula is C13H18N6O5. The van der Waals surface area contributed by atoms with Gasteiger partial charge >= 0.3 is 29.7 Å². The molecule has 0 spiro atoms. The standard InChI is InChI=1S/C11H12N6O5.C2H6/c1-17-4-5(6(12)13-11(17)19)7(18)22-10-15-8(20-2)14-9(16-10)21-3;1-2/h4H,1-3H3,(H2,12,13,19);1-2H3. The monoisotopic (exact) mass is 338 g/mol. The average Bonchev–Trinajstić information content (AvgIpc) is 2.59. The van der Waals surface area contributed by atoms with Crippen molar-refractivity contribution in [3.63, 3.8) is 0 Å². The number of ether oxygens (including phenoxy) is 3. The van der Waals surface area contributed by atoms with E-state index in [1.54, 1.807) is 0 Å². The van der Waals surface area contributed by atoms with Crippen LogP contribution in [0.3, 0.4) is 0 Å². The first kappa shape index (κ1) is 18.8. The second kappa shape index (κ2) is 8.41. The van der Waals surface area contributed by atoms with E-state index in [0.29, 0.717) is 0 Å². The van der Waals surface area contributed by atoms with Crippen LogP contribution in [0.25, 0.3) is 0 Å². The van der Waals surface area contributed by atoms with Crippen LogP contribution in [0, 0.1) is 0 Å². The molecule has 2 N–H and O–H groups in total. The molecule has 11 heteroatoms. The molecule has 0 aromatic carbocycles. The molecule has 0 saturated heterocycles. The first-order chi connectivity index (χ1) is 11.4. The van der Waals surface area contributed by atoms with Crippen molar-refractivity contribution in [3.8, 4) is 18.0 Å². The number of anilines is 1. The van der Waals surface area contributed by atoms with Crippen molar-refractivity contribution in [1.82, 2.24) is 24.5 Å². The number of rotatable bonds is 4. The highest BCUT2D eigenvalue weighted by atomic mass is 16.6. The molecule has 24 heavy (non-hydrogen) atoms. The Morgan fingerprint density at radius 1 is 1.04 bits per heavy atom. The molecule has 130 valence electrons. The first-order valence-electron chi connectivity index (χ1n) is 6.84. The lowest BCUT2D eigenvalue weighted by atomic mass is 10.3. The van der Waals surface area contributed by atoms with E-state index in [-0.39, 0.29) is 29.4 Å². The van der Waals surface area contributed by atoms with Crippen molar-refractivity contribution >= 4 is 11.8 Å². The van der Waals surface area contributed by atoms with Crippen LogP contribution in [0.5, 0.6) is 18.0 Å². The van der Waals surface area contributed by atoms with Crippen molar-refractivity contribution in [2.45, 2.75) is 13.8 Å². The number of aromatic nitrogens is 5. The molecule has 0 aliphatic rings. The molecule has 2 heterocycles. The van der Waals surface area contributed by atoms with Crippen molar-refractivity contribution in [3.05, 3.63) is 22.2 Å². The molecule has 2 aromatic heterocycles. The topological polar surface area (TPSA) is 144 Å². The molecule has 0 aliphatic carbocycles. The quantitative estimate of drug-likeness (QED) is 0.744. The summed E-state index contributed by atoms with van der Waals surface area (Å²) in [5.41, 5.74) is 4.82. The fraction of sp³-hybridized carbons (Fsp3) is 0.385. The molecule has 2 rings (SSSR count). The average molecular weight is 338 g/mol. The maximum Gasteiger partial charge on any atom is 0.351 e. The predicted molar refractivity (Wildman–Crippen MR) is 83.1 cm³/mol. The van der Waals surface area contributed by atoms with E-state index in [1.165, 1.54) is 27.5 Å². The third-order valence-electron chi connectivity index (χ3n) is 2.46. The molecule has 0 bridgehead atoms. The Morgan fingerprint density at radius 3 is 2.04 bits per heavy atom. The fourth-order valence-corrected chi connectivity index (χ4v) is 1.40. The van der Waals surface area contributed by atoms with Crippen molar-refractivity contribution in [1.29, 1.82) is 0 Å². The zero-order valence-electron chi connectivity index (χ0n) is 13.9. The Kier molecular flexibility index (Phi) is 6.59. The molecule has 11 nitrogen and oxygen atoms in total. The molecule has 0 aliphatic heterocycles. The Bertz CT molecular complexity index is 754. The number of nitrogens with two attached hydrogens (primary N) is 1. The van der Waals surface area contributed by atoms with E-state index in [9.17, 15) is 9.59 Å². The lowest BCUT2D eigenvalue weighted by Gasteiger charge is -2.07. The molecule has 0 amide bonds. The molecule has 0 saturated carbocycles. The van der Waals surface area contributed by atoms with Gasteiger partial charge in [0.05, 0.1) is 14.2 Å². The number of nitrogen functional groups attached to an aromatic ring is 1. The lowest BCUT2D eigenvalue weighted by Crippen LogP contribution is -2.25. The number of carbonyl (C=O) groups is 1. The smallest absolute Gasteiger partial charge is 0.351 e. The summed E-state index contributed by atoms with van der Waals surface area (Å²) in [7, 11) is 4.07. The molecule has 0 atom stereocenters. The fourth-order valence-electron chi connectivity index (χ4n) is 1.40. The van der Waals surface area contributed by atoms with E-state index in [1.807, 2.05) is 13.8 Å². The van der Waals surface area contributed by atoms with Crippen LogP contribution in [0.4, 0.5) is 5.82 Å². The van der Waals surface area contributed by atoms with E-state index in [4.69, 9.17) is 19.9 Å². The van der Waals surface area contributed by atoms with Gasteiger partial charge in [0, 0.05) is 13.2 Å². The van der Waals surface area contributed by atoms with Gasteiger partial charge < -0.3 is 24.5 Å². The van der Waals surface area contributed by atoms with Crippen LogP contribution in [-0.2, 0) is 7.05 Å². The van der Waals surface area contributed by atoms with Gasteiger partial charge in [-0.3, -0.25) is 0 Å². The molecule has 0 radical (unpaired) electrons. The van der Waals surface area contributed by atoms with Gasteiger partial charge in [-0.1, -0.05) is 13.8 Å². The molecule has 2 aromatic rings. The van der Waals surface area contributed by atoms with Crippen molar-refractivity contribution in [2.24, 2.45) is 7.05 Å². The summed E-state index contributed by atoms with van der Waals surface area (Å²) in [6.07, 6.45) is 1.20.